The van der Waals surface area contributed by atoms with Crippen LogP contribution in [0.3, 0.4) is 0 Å². The van der Waals surface area contributed by atoms with E-state index in [1.54, 1.807) is 5.06 Å². The van der Waals surface area contributed by atoms with Crippen LogP contribution in [-0.4, -0.2) is 47.9 Å². The molecule has 0 aliphatic rings. The molecule has 42 heavy (non-hydrogen) atoms. The lowest BCUT2D eigenvalue weighted by Crippen LogP contribution is -2.36. The molecule has 250 valence electrons. The minimum Gasteiger partial charge on any atom is -0.466 e. The van der Waals surface area contributed by atoms with E-state index < -0.39 is 6.10 Å². The van der Waals surface area contributed by atoms with Crippen molar-refractivity contribution in [3.8, 4) is 0 Å². The van der Waals surface area contributed by atoms with Crippen LogP contribution in [0.1, 0.15) is 188 Å². The fraction of sp³-hybridized carbons (Fsp3) is 0.944. The summed E-state index contributed by atoms with van der Waals surface area (Å²) < 4.78 is 5.44. The molecule has 0 rings (SSSR count). The Balaban J connectivity index is 4.66. The zero-order chi connectivity index (χ0) is 31.1. The predicted molar refractivity (Wildman–Crippen MR) is 176 cm³/mol. The quantitative estimate of drug-likeness (QED) is 0.0472. The molecule has 1 N–H and O–H groups in total. The molecule has 1 atom stereocenters. The van der Waals surface area contributed by atoms with Crippen molar-refractivity contribution in [2.45, 2.75) is 194 Å². The number of aliphatic hydroxyl groups is 1. The summed E-state index contributed by atoms with van der Waals surface area (Å²) in [5.74, 6) is 0.0673. The largest absolute Gasteiger partial charge is 0.466 e. The van der Waals surface area contributed by atoms with Gasteiger partial charge in [0.25, 0.3) is 0 Å². The molecule has 0 bridgehead atoms. The molecular weight excluding hydrogens is 526 g/mol. The molecular formula is C36H71NO5. The SMILES string of the molecule is CCCCCCCCCCOC(=O)CCCN(CC(O)CC(CCCCCC)CCCCCC)OC(=O)CCCCC. The number of hydrogen-bond donors (Lipinski definition) is 1. The van der Waals surface area contributed by atoms with Gasteiger partial charge in [0.05, 0.1) is 19.3 Å². The van der Waals surface area contributed by atoms with E-state index in [1.807, 2.05) is 0 Å². The summed E-state index contributed by atoms with van der Waals surface area (Å²) in [5.41, 5.74) is 0. The Morgan fingerprint density at radius 1 is 0.595 bits per heavy atom. The molecule has 0 aromatic heterocycles. The van der Waals surface area contributed by atoms with Gasteiger partial charge in [0.15, 0.2) is 0 Å². The van der Waals surface area contributed by atoms with Gasteiger partial charge in [-0.1, -0.05) is 150 Å². The van der Waals surface area contributed by atoms with Crippen molar-refractivity contribution >= 4 is 11.9 Å². The van der Waals surface area contributed by atoms with Gasteiger partial charge in [-0.2, -0.15) is 0 Å². The number of ether oxygens (including phenoxy) is 1. The smallest absolute Gasteiger partial charge is 0.325 e. The molecule has 0 saturated heterocycles. The highest BCUT2D eigenvalue weighted by Crippen LogP contribution is 2.24. The molecule has 6 nitrogen and oxygen atoms in total. The van der Waals surface area contributed by atoms with Crippen LogP contribution in [0.2, 0.25) is 0 Å². The maximum absolute atomic E-state index is 12.5. The van der Waals surface area contributed by atoms with Crippen molar-refractivity contribution in [2.75, 3.05) is 19.7 Å². The van der Waals surface area contributed by atoms with E-state index in [1.165, 1.54) is 89.9 Å². The zero-order valence-corrected chi connectivity index (χ0v) is 28.5. The minimum atomic E-state index is -0.551. The topological polar surface area (TPSA) is 76.1 Å². The van der Waals surface area contributed by atoms with Crippen LogP contribution < -0.4 is 0 Å². The lowest BCUT2D eigenvalue weighted by molar-refractivity contribution is -0.197. The molecule has 0 radical (unpaired) electrons. The van der Waals surface area contributed by atoms with Gasteiger partial charge < -0.3 is 14.7 Å². The van der Waals surface area contributed by atoms with E-state index in [2.05, 4.69) is 27.7 Å². The molecule has 0 aliphatic carbocycles. The summed E-state index contributed by atoms with van der Waals surface area (Å²) in [4.78, 5) is 30.5. The number of carbonyl (C=O) groups excluding carboxylic acids is 2. The zero-order valence-electron chi connectivity index (χ0n) is 28.5. The first kappa shape index (κ1) is 40.9. The highest BCUT2D eigenvalue weighted by atomic mass is 16.7. The first-order chi connectivity index (χ1) is 20.5. The molecule has 0 aliphatic heterocycles. The van der Waals surface area contributed by atoms with E-state index in [9.17, 15) is 14.7 Å². The number of esters is 1. The Morgan fingerprint density at radius 2 is 1.07 bits per heavy atom. The molecule has 0 fully saturated rings. The third-order valence-electron chi connectivity index (χ3n) is 8.22. The average Bonchev–Trinajstić information content (AvgIpc) is 2.96. The fourth-order valence-corrected chi connectivity index (χ4v) is 5.57. The number of nitrogens with zero attached hydrogens (tertiary/aromatic N) is 1. The fourth-order valence-electron chi connectivity index (χ4n) is 5.57. The van der Waals surface area contributed by atoms with Crippen LogP contribution in [0.25, 0.3) is 0 Å². The van der Waals surface area contributed by atoms with Crippen LogP contribution in [0.5, 0.6) is 0 Å². The van der Waals surface area contributed by atoms with Crippen LogP contribution in [-0.2, 0) is 19.2 Å². The highest BCUT2D eigenvalue weighted by molar-refractivity contribution is 5.69. The van der Waals surface area contributed by atoms with Crippen molar-refractivity contribution < 1.29 is 24.3 Å². The van der Waals surface area contributed by atoms with Gasteiger partial charge in [-0.15, -0.1) is 5.06 Å². The summed E-state index contributed by atoms with van der Waals surface area (Å²) in [6.45, 7) is 10.0. The number of hydrogen-bond acceptors (Lipinski definition) is 6. The van der Waals surface area contributed by atoms with Crippen molar-refractivity contribution in [1.29, 1.82) is 0 Å². The summed E-state index contributed by atoms with van der Waals surface area (Å²) in [6.07, 6.45) is 26.3. The second-order valence-electron chi connectivity index (χ2n) is 12.6. The monoisotopic (exact) mass is 598 g/mol. The Kier molecular flexibility index (Phi) is 30.4. The van der Waals surface area contributed by atoms with E-state index >= 15 is 0 Å². The molecule has 0 saturated carbocycles. The van der Waals surface area contributed by atoms with Crippen molar-refractivity contribution in [3.63, 3.8) is 0 Å². The van der Waals surface area contributed by atoms with Gasteiger partial charge >= 0.3 is 11.9 Å². The lowest BCUT2D eigenvalue weighted by Gasteiger charge is -2.26. The lowest BCUT2D eigenvalue weighted by atomic mass is 9.89. The van der Waals surface area contributed by atoms with Gasteiger partial charge in [-0.05, 0) is 31.6 Å². The van der Waals surface area contributed by atoms with Gasteiger partial charge in [-0.25, -0.2) is 0 Å². The Morgan fingerprint density at radius 3 is 1.64 bits per heavy atom. The highest BCUT2D eigenvalue weighted by Gasteiger charge is 2.20. The van der Waals surface area contributed by atoms with E-state index in [-0.39, 0.29) is 11.9 Å². The maximum Gasteiger partial charge on any atom is 0.325 e. The summed E-state index contributed by atoms with van der Waals surface area (Å²) in [7, 11) is 0. The summed E-state index contributed by atoms with van der Waals surface area (Å²) >= 11 is 0. The van der Waals surface area contributed by atoms with Crippen molar-refractivity contribution in [3.05, 3.63) is 0 Å². The number of aliphatic hydroxyl groups excluding tert-OH is 1. The molecule has 1 unspecified atom stereocenters. The molecule has 0 heterocycles. The number of unbranched alkanes of at least 4 members (excludes halogenated alkanes) is 15. The number of carbonyl (C=O) groups is 2. The molecule has 6 heteroatoms. The van der Waals surface area contributed by atoms with Crippen LogP contribution >= 0.6 is 0 Å². The van der Waals surface area contributed by atoms with Gasteiger partial charge in [-0.3, -0.25) is 9.59 Å². The third kappa shape index (κ3) is 27.7. The predicted octanol–water partition coefficient (Wildman–Crippen LogP) is 10.1. The number of rotatable bonds is 32. The average molecular weight is 598 g/mol. The first-order valence-corrected chi connectivity index (χ1v) is 18.3. The molecule has 0 spiro atoms. The second-order valence-corrected chi connectivity index (χ2v) is 12.6. The molecule has 0 aromatic carbocycles. The van der Waals surface area contributed by atoms with E-state index in [4.69, 9.17) is 9.57 Å². The molecule has 0 aromatic rings. The van der Waals surface area contributed by atoms with Crippen molar-refractivity contribution in [1.82, 2.24) is 5.06 Å². The Hall–Kier alpha value is -1.14. The second kappa shape index (κ2) is 31.3. The van der Waals surface area contributed by atoms with Crippen LogP contribution in [0.4, 0.5) is 0 Å². The van der Waals surface area contributed by atoms with Gasteiger partial charge in [0.1, 0.15) is 0 Å². The van der Waals surface area contributed by atoms with Crippen molar-refractivity contribution in [2.24, 2.45) is 5.92 Å². The van der Waals surface area contributed by atoms with Gasteiger partial charge in [0.2, 0.25) is 0 Å². The van der Waals surface area contributed by atoms with Gasteiger partial charge in [0, 0.05) is 19.4 Å². The van der Waals surface area contributed by atoms with E-state index in [0.29, 0.717) is 44.9 Å². The van der Waals surface area contributed by atoms with Crippen LogP contribution in [0, 0.1) is 5.92 Å². The van der Waals surface area contributed by atoms with Crippen LogP contribution in [0.15, 0.2) is 0 Å². The minimum absolute atomic E-state index is 0.188. The first-order valence-electron chi connectivity index (χ1n) is 18.3. The Bertz CT molecular complexity index is 587. The van der Waals surface area contributed by atoms with E-state index in [0.717, 1.165) is 51.4 Å². The standard InChI is InChI=1S/C36H71NO5/c1-5-9-13-16-17-18-19-23-30-41-35(39)28-24-29-37(42-36(40)27-20-12-8-4)32-34(38)31-33(25-21-14-10-6-2)26-22-15-11-7-3/h33-34,38H,5-32H2,1-4H3. The normalized spacial score (nSPS) is 12.3. The summed E-state index contributed by atoms with van der Waals surface area (Å²) in [5, 5.41) is 12.7. The Labute approximate surface area is 261 Å². The molecule has 0 amide bonds. The summed E-state index contributed by atoms with van der Waals surface area (Å²) in [6, 6.07) is 0. The maximum atomic E-state index is 12.5. The third-order valence-corrected chi connectivity index (χ3v) is 8.22. The number of hydroxylamine groups is 2.